The van der Waals surface area contributed by atoms with Crippen molar-refractivity contribution < 1.29 is 33.8 Å². The minimum atomic E-state index is -0.916. The smallest absolute Gasteiger partial charge is 0.295 e. The Morgan fingerprint density at radius 1 is 1.16 bits per heavy atom. The van der Waals surface area contributed by atoms with Gasteiger partial charge in [-0.25, -0.2) is 4.98 Å². The minimum absolute atomic E-state index is 0.103. The van der Waals surface area contributed by atoms with Gasteiger partial charge in [0.25, 0.3) is 5.91 Å². The van der Waals surface area contributed by atoms with E-state index in [1.807, 2.05) is 6.07 Å². The number of methoxy groups -OCH3 is 2. The largest absolute Gasteiger partial charge is 0.871 e. The highest BCUT2D eigenvalue weighted by Crippen LogP contribution is 2.43. The van der Waals surface area contributed by atoms with Crippen LogP contribution in [-0.4, -0.2) is 79.6 Å². The fourth-order valence-electron chi connectivity index (χ4n) is 5.40. The van der Waals surface area contributed by atoms with E-state index >= 15 is 0 Å². The number of nitrogens with zero attached hydrogens (tertiary/aromatic N) is 3. The van der Waals surface area contributed by atoms with Gasteiger partial charge in [-0.05, 0) is 37.3 Å². The van der Waals surface area contributed by atoms with Gasteiger partial charge >= 0.3 is 0 Å². The first kappa shape index (κ1) is 25.7. The molecule has 5 rings (SSSR count). The summed E-state index contributed by atoms with van der Waals surface area (Å²) < 4.78 is 18.2. The highest BCUT2D eigenvalue weighted by atomic mass is 16.5. The molecule has 10 heteroatoms. The normalized spacial score (nSPS) is 19.9. The van der Waals surface area contributed by atoms with Crippen molar-refractivity contribution in [2.45, 2.75) is 19.4 Å². The lowest BCUT2D eigenvalue weighted by atomic mass is 9.95. The molecule has 1 amide bonds. The Balaban J connectivity index is 1.61. The van der Waals surface area contributed by atoms with Crippen molar-refractivity contribution in [3.63, 3.8) is 0 Å². The van der Waals surface area contributed by atoms with Crippen molar-refractivity contribution in [1.29, 1.82) is 0 Å². The molecule has 0 saturated carbocycles. The van der Waals surface area contributed by atoms with Crippen molar-refractivity contribution >= 4 is 23.1 Å². The number of likely N-dealkylation sites (tertiary alicyclic amines) is 1. The lowest BCUT2D eigenvalue weighted by Crippen LogP contribution is -3.14. The molecule has 38 heavy (non-hydrogen) atoms. The number of Topliss-reactive ketones (excluding diaryl/α,β-unsaturated/α-hetero) is 1. The zero-order chi connectivity index (χ0) is 26.8. The molecule has 1 aromatic carbocycles. The standard InChI is InChI=1S/C28H32N4O6/c1-18-24(31-11-5-4-7-22(31)29-18)26(33)23-25(20-17-19(36-2)8-9-21(20)37-3)32(28(35)27(23)34)12-6-10-30-13-15-38-16-14-30/h4-5,7-9,11,17,25,33H,6,10,12-16H2,1-3H3/b26-23+. The number of quaternary nitrogens is 1. The number of imidazole rings is 1. The van der Waals surface area contributed by atoms with E-state index in [0.29, 0.717) is 54.6 Å². The molecule has 2 saturated heterocycles. The number of aromatic nitrogens is 2. The highest BCUT2D eigenvalue weighted by Gasteiger charge is 2.45. The van der Waals surface area contributed by atoms with Gasteiger partial charge < -0.3 is 33.5 Å². The summed E-state index contributed by atoms with van der Waals surface area (Å²) in [4.78, 5) is 34.4. The predicted octanol–water partition coefficient (Wildman–Crippen LogP) is 0.189. The van der Waals surface area contributed by atoms with E-state index in [-0.39, 0.29) is 11.3 Å². The number of ketones is 1. The van der Waals surface area contributed by atoms with Crippen LogP contribution in [0.25, 0.3) is 11.4 Å². The number of amides is 1. The molecule has 3 aromatic rings. The van der Waals surface area contributed by atoms with Crippen molar-refractivity contribution in [2.24, 2.45) is 0 Å². The number of carbonyl (C=O) groups excluding carboxylic acids is 2. The zero-order valence-electron chi connectivity index (χ0n) is 21.9. The molecule has 0 bridgehead atoms. The average molecular weight is 521 g/mol. The molecule has 1 atom stereocenters. The molecule has 0 spiro atoms. The predicted molar refractivity (Wildman–Crippen MR) is 137 cm³/mol. The van der Waals surface area contributed by atoms with Gasteiger partial charge in [-0.3, -0.25) is 9.59 Å². The molecule has 4 heterocycles. The third kappa shape index (κ3) is 4.61. The molecule has 2 aliphatic rings. The second-order valence-electron chi connectivity index (χ2n) is 9.52. The molecule has 2 aliphatic heterocycles. The molecule has 0 radical (unpaired) electrons. The van der Waals surface area contributed by atoms with E-state index in [9.17, 15) is 14.7 Å². The molecule has 1 N–H and O–H groups in total. The highest BCUT2D eigenvalue weighted by molar-refractivity contribution is 6.46. The number of morpholine rings is 1. The summed E-state index contributed by atoms with van der Waals surface area (Å²) in [7, 11) is 3.06. The van der Waals surface area contributed by atoms with Crippen molar-refractivity contribution in [3.05, 3.63) is 65.1 Å². The first-order chi connectivity index (χ1) is 18.4. The monoisotopic (exact) mass is 520 g/mol. The Hall–Kier alpha value is -3.89. The molecule has 200 valence electrons. The third-order valence-electron chi connectivity index (χ3n) is 7.31. The molecule has 2 fully saturated rings. The van der Waals surface area contributed by atoms with Crippen LogP contribution in [0.15, 0.2) is 48.2 Å². The quantitative estimate of drug-likeness (QED) is 0.257. The van der Waals surface area contributed by atoms with Gasteiger partial charge in [0.2, 0.25) is 5.78 Å². The van der Waals surface area contributed by atoms with Gasteiger partial charge in [-0.15, -0.1) is 0 Å². The van der Waals surface area contributed by atoms with E-state index in [2.05, 4.69) is 4.98 Å². The number of benzene rings is 1. The van der Waals surface area contributed by atoms with Crippen LogP contribution in [0.4, 0.5) is 0 Å². The van der Waals surface area contributed by atoms with Crippen LogP contribution in [0.1, 0.15) is 29.4 Å². The van der Waals surface area contributed by atoms with Gasteiger partial charge in [0, 0.05) is 30.3 Å². The van der Waals surface area contributed by atoms with E-state index in [1.54, 1.807) is 47.9 Å². The minimum Gasteiger partial charge on any atom is -0.871 e. The molecule has 2 aromatic heterocycles. The lowest BCUT2D eigenvalue weighted by molar-refractivity contribution is -0.908. The number of nitrogens with one attached hydrogen (secondary N) is 1. The van der Waals surface area contributed by atoms with Gasteiger partial charge in [-0.1, -0.05) is 11.8 Å². The lowest BCUT2D eigenvalue weighted by Gasteiger charge is -2.29. The number of hydrogen-bond donors (Lipinski definition) is 1. The van der Waals surface area contributed by atoms with Crippen LogP contribution in [0.2, 0.25) is 0 Å². The first-order valence-electron chi connectivity index (χ1n) is 12.8. The Morgan fingerprint density at radius 2 is 1.95 bits per heavy atom. The number of aryl methyl sites for hydroxylation is 1. The number of carbonyl (C=O) groups is 2. The fraction of sp³-hybridized carbons (Fsp3) is 0.393. The Labute approximate surface area is 221 Å². The molecule has 0 aliphatic carbocycles. The average Bonchev–Trinajstić information content (AvgIpc) is 3.41. The van der Waals surface area contributed by atoms with E-state index in [4.69, 9.17) is 14.2 Å². The number of ether oxygens (including phenoxy) is 3. The van der Waals surface area contributed by atoms with E-state index in [1.165, 1.54) is 24.0 Å². The maximum atomic E-state index is 14.1. The summed E-state index contributed by atoms with van der Waals surface area (Å²) in [6.07, 6.45) is 2.40. The maximum absolute atomic E-state index is 14.1. The van der Waals surface area contributed by atoms with Crippen LogP contribution in [0, 0.1) is 6.92 Å². The second-order valence-corrected chi connectivity index (χ2v) is 9.52. The third-order valence-corrected chi connectivity index (χ3v) is 7.31. The first-order valence-corrected chi connectivity index (χ1v) is 12.8. The fourth-order valence-corrected chi connectivity index (χ4v) is 5.40. The number of fused-ring (bicyclic) bond motifs is 1. The molecular weight excluding hydrogens is 488 g/mol. The van der Waals surface area contributed by atoms with E-state index < -0.39 is 23.5 Å². The van der Waals surface area contributed by atoms with Crippen LogP contribution in [0.3, 0.4) is 0 Å². The van der Waals surface area contributed by atoms with Crippen LogP contribution < -0.4 is 19.5 Å². The number of rotatable bonds is 8. The van der Waals surface area contributed by atoms with E-state index in [0.717, 1.165) is 19.6 Å². The topological polar surface area (TPSA) is 110 Å². The van der Waals surface area contributed by atoms with Crippen molar-refractivity contribution in [1.82, 2.24) is 14.3 Å². The molecular formula is C28H32N4O6. The summed E-state index contributed by atoms with van der Waals surface area (Å²) in [5.74, 6) is -1.01. The summed E-state index contributed by atoms with van der Waals surface area (Å²) in [6.45, 7) is 6.12. The Morgan fingerprint density at radius 3 is 2.68 bits per heavy atom. The van der Waals surface area contributed by atoms with Crippen LogP contribution >= 0.6 is 0 Å². The van der Waals surface area contributed by atoms with Gasteiger partial charge in [0.1, 0.15) is 30.2 Å². The SMILES string of the molecule is COc1ccc(OC)c(C2/C(=C(\[O-])c3c(C)nc4ccccn34)C(=O)C(=O)N2CCC[NH+]2CCOCC2)c1. The summed E-state index contributed by atoms with van der Waals surface area (Å²) in [5, 5.41) is 14.1. The van der Waals surface area contributed by atoms with Crippen molar-refractivity contribution in [2.75, 3.05) is 53.6 Å². The molecule has 10 nitrogen and oxygen atoms in total. The second kappa shape index (κ2) is 10.8. The van der Waals surface area contributed by atoms with Gasteiger partial charge in [0.05, 0.1) is 51.4 Å². The summed E-state index contributed by atoms with van der Waals surface area (Å²) >= 11 is 0. The Kier molecular flexibility index (Phi) is 7.35. The zero-order valence-corrected chi connectivity index (χ0v) is 21.9. The summed E-state index contributed by atoms with van der Waals surface area (Å²) in [6, 6.07) is 9.68. The maximum Gasteiger partial charge on any atom is 0.295 e. The number of pyridine rings is 1. The van der Waals surface area contributed by atoms with Crippen LogP contribution in [0.5, 0.6) is 11.5 Å². The number of hydrogen-bond acceptors (Lipinski definition) is 7. The van der Waals surface area contributed by atoms with Gasteiger partial charge in [0.15, 0.2) is 0 Å². The molecule has 1 unspecified atom stereocenters. The van der Waals surface area contributed by atoms with Gasteiger partial charge in [-0.2, -0.15) is 0 Å². The Bertz CT molecular complexity index is 1390. The van der Waals surface area contributed by atoms with Crippen LogP contribution in [-0.2, 0) is 14.3 Å². The van der Waals surface area contributed by atoms with Crippen molar-refractivity contribution in [3.8, 4) is 11.5 Å². The summed E-state index contributed by atoms with van der Waals surface area (Å²) in [5.41, 5.74) is 1.77.